The summed E-state index contributed by atoms with van der Waals surface area (Å²) < 4.78 is 26.5. The molecule has 29 heavy (non-hydrogen) atoms. The Balaban J connectivity index is 1.48. The minimum absolute atomic E-state index is 0.00569. The molecule has 1 aromatic heterocycles. The lowest BCUT2D eigenvalue weighted by Crippen LogP contribution is -2.34. The molecule has 1 amide bonds. The van der Waals surface area contributed by atoms with Gasteiger partial charge >= 0.3 is 0 Å². The fourth-order valence-electron chi connectivity index (χ4n) is 3.56. The number of amides is 1. The van der Waals surface area contributed by atoms with Gasteiger partial charge in [0, 0.05) is 50.1 Å². The smallest absolute Gasteiger partial charge is 0.251 e. The molecule has 0 bridgehead atoms. The van der Waals surface area contributed by atoms with E-state index in [1.807, 2.05) is 32.0 Å². The number of aryl methyl sites for hydroxylation is 1. The second-order valence-electron chi connectivity index (χ2n) is 7.82. The van der Waals surface area contributed by atoms with Gasteiger partial charge in [0.2, 0.25) is 5.95 Å². The maximum atomic E-state index is 13.3. The van der Waals surface area contributed by atoms with E-state index in [0.717, 1.165) is 55.4 Å². The minimum Gasteiger partial charge on any atom is -0.363 e. The molecular formula is C21H27F2N5O. The Morgan fingerprint density at radius 1 is 1.07 bits per heavy atom. The first-order valence-corrected chi connectivity index (χ1v) is 9.84. The van der Waals surface area contributed by atoms with Gasteiger partial charge in [-0.05, 0) is 50.7 Å². The van der Waals surface area contributed by atoms with Crippen LogP contribution in [-0.2, 0) is 0 Å². The van der Waals surface area contributed by atoms with Gasteiger partial charge in [-0.1, -0.05) is 0 Å². The fraction of sp³-hybridized carbons (Fsp3) is 0.476. The predicted octanol–water partition coefficient (Wildman–Crippen LogP) is 3.53. The summed E-state index contributed by atoms with van der Waals surface area (Å²) in [6.45, 7) is 2.44. The summed E-state index contributed by atoms with van der Waals surface area (Å²) in [7, 11) is 3.90. The van der Waals surface area contributed by atoms with Crippen molar-refractivity contribution in [3.8, 4) is 0 Å². The number of anilines is 2. The van der Waals surface area contributed by atoms with Crippen molar-refractivity contribution in [3.05, 3.63) is 47.2 Å². The first-order chi connectivity index (χ1) is 13.8. The highest BCUT2D eigenvalue weighted by Gasteiger charge is 2.22. The van der Waals surface area contributed by atoms with Gasteiger partial charge in [-0.2, -0.15) is 4.98 Å². The monoisotopic (exact) mass is 403 g/mol. The van der Waals surface area contributed by atoms with Gasteiger partial charge in [0.25, 0.3) is 5.91 Å². The lowest BCUT2D eigenvalue weighted by atomic mass is 9.86. The lowest BCUT2D eigenvalue weighted by Gasteiger charge is -2.29. The van der Waals surface area contributed by atoms with Crippen molar-refractivity contribution in [1.82, 2.24) is 15.3 Å². The molecule has 1 heterocycles. The van der Waals surface area contributed by atoms with Crippen molar-refractivity contribution >= 4 is 17.7 Å². The number of benzene rings is 1. The largest absolute Gasteiger partial charge is 0.363 e. The van der Waals surface area contributed by atoms with Crippen LogP contribution in [0, 0.1) is 24.5 Å². The van der Waals surface area contributed by atoms with Crippen LogP contribution in [0.5, 0.6) is 0 Å². The zero-order chi connectivity index (χ0) is 21.0. The highest BCUT2D eigenvalue weighted by Crippen LogP contribution is 2.26. The van der Waals surface area contributed by atoms with E-state index in [1.54, 1.807) is 0 Å². The summed E-state index contributed by atoms with van der Waals surface area (Å²) in [4.78, 5) is 23.1. The van der Waals surface area contributed by atoms with Crippen molar-refractivity contribution in [3.63, 3.8) is 0 Å². The van der Waals surface area contributed by atoms with Crippen LogP contribution >= 0.6 is 0 Å². The molecule has 3 rings (SSSR count). The van der Waals surface area contributed by atoms with Crippen LogP contribution in [0.25, 0.3) is 0 Å². The van der Waals surface area contributed by atoms with Crippen LogP contribution < -0.4 is 15.5 Å². The molecule has 0 atom stereocenters. The fourth-order valence-corrected chi connectivity index (χ4v) is 3.56. The Kier molecular flexibility index (Phi) is 6.61. The normalized spacial score (nSPS) is 18.9. The number of halogens is 2. The molecule has 0 saturated heterocycles. The summed E-state index contributed by atoms with van der Waals surface area (Å²) in [6.07, 6.45) is 3.79. The molecule has 1 aliphatic carbocycles. The maximum Gasteiger partial charge on any atom is 0.251 e. The zero-order valence-electron chi connectivity index (χ0n) is 17.0. The van der Waals surface area contributed by atoms with Gasteiger partial charge in [0.1, 0.15) is 17.5 Å². The molecule has 156 valence electrons. The first-order valence-electron chi connectivity index (χ1n) is 9.84. The summed E-state index contributed by atoms with van der Waals surface area (Å²) in [5.41, 5.74) is 0.919. The number of carbonyl (C=O) groups is 1. The number of nitrogens with one attached hydrogen (secondary N) is 2. The summed E-state index contributed by atoms with van der Waals surface area (Å²) in [5, 5.41) is 6.21. The quantitative estimate of drug-likeness (QED) is 0.772. The van der Waals surface area contributed by atoms with Crippen molar-refractivity contribution in [2.45, 2.75) is 38.6 Å². The molecule has 1 fully saturated rings. The van der Waals surface area contributed by atoms with Gasteiger partial charge in [0.05, 0.1) is 0 Å². The molecule has 1 aliphatic rings. The molecule has 0 spiro atoms. The summed E-state index contributed by atoms with van der Waals surface area (Å²) in [6, 6.07) is 5.07. The molecule has 1 saturated carbocycles. The Bertz CT molecular complexity index is 846. The minimum atomic E-state index is -0.752. The average Bonchev–Trinajstić information content (AvgIpc) is 2.66. The van der Waals surface area contributed by atoms with Crippen molar-refractivity contribution in [2.24, 2.45) is 5.92 Å². The molecule has 8 heteroatoms. The van der Waals surface area contributed by atoms with Gasteiger partial charge in [-0.15, -0.1) is 0 Å². The van der Waals surface area contributed by atoms with Crippen LogP contribution in [0.4, 0.5) is 20.5 Å². The maximum absolute atomic E-state index is 13.3. The standard InChI is InChI=1S/C21H27F2N5O/c1-13-8-19(28(2)3)27-21(25-13)26-18-6-4-14(5-7-18)12-24-20(29)15-9-16(22)11-17(23)10-15/h8-11,14,18H,4-7,12H2,1-3H3,(H,24,29)(H,25,26,27). The van der Waals surface area contributed by atoms with Gasteiger partial charge in [0.15, 0.2) is 0 Å². The molecule has 0 aliphatic heterocycles. The Morgan fingerprint density at radius 3 is 2.34 bits per heavy atom. The van der Waals surface area contributed by atoms with Crippen molar-refractivity contribution < 1.29 is 13.6 Å². The number of rotatable bonds is 6. The van der Waals surface area contributed by atoms with Crippen LogP contribution in [-0.4, -0.2) is 42.6 Å². The van der Waals surface area contributed by atoms with Gasteiger partial charge in [-0.3, -0.25) is 4.79 Å². The number of hydrogen-bond donors (Lipinski definition) is 2. The Hall–Kier alpha value is -2.77. The van der Waals surface area contributed by atoms with E-state index in [9.17, 15) is 13.6 Å². The van der Waals surface area contributed by atoms with E-state index >= 15 is 0 Å². The second-order valence-corrected chi connectivity index (χ2v) is 7.82. The molecule has 0 unspecified atom stereocenters. The average molecular weight is 403 g/mol. The summed E-state index contributed by atoms with van der Waals surface area (Å²) >= 11 is 0. The van der Waals surface area contributed by atoms with Crippen LogP contribution in [0.2, 0.25) is 0 Å². The van der Waals surface area contributed by atoms with Crippen molar-refractivity contribution in [1.29, 1.82) is 0 Å². The van der Waals surface area contributed by atoms with E-state index < -0.39 is 17.5 Å². The van der Waals surface area contributed by atoms with Crippen molar-refractivity contribution in [2.75, 3.05) is 30.9 Å². The molecular weight excluding hydrogens is 376 g/mol. The third-order valence-electron chi connectivity index (χ3n) is 5.15. The van der Waals surface area contributed by atoms with Crippen LogP contribution in [0.1, 0.15) is 41.7 Å². The van der Waals surface area contributed by atoms with E-state index in [-0.39, 0.29) is 11.6 Å². The van der Waals surface area contributed by atoms with Crippen LogP contribution in [0.15, 0.2) is 24.3 Å². The molecule has 6 nitrogen and oxygen atoms in total. The van der Waals surface area contributed by atoms with E-state index in [1.165, 1.54) is 0 Å². The molecule has 2 N–H and O–H groups in total. The number of aromatic nitrogens is 2. The number of hydrogen-bond acceptors (Lipinski definition) is 5. The molecule has 0 radical (unpaired) electrons. The van der Waals surface area contributed by atoms with Crippen LogP contribution in [0.3, 0.4) is 0 Å². The van der Waals surface area contributed by atoms with E-state index in [4.69, 9.17) is 0 Å². The van der Waals surface area contributed by atoms with E-state index in [0.29, 0.717) is 18.4 Å². The third-order valence-corrected chi connectivity index (χ3v) is 5.15. The first kappa shape index (κ1) is 21.0. The van der Waals surface area contributed by atoms with E-state index in [2.05, 4.69) is 20.6 Å². The third kappa shape index (κ3) is 5.85. The second kappa shape index (κ2) is 9.15. The lowest BCUT2D eigenvalue weighted by molar-refractivity contribution is 0.0942. The Labute approximate surface area is 169 Å². The highest BCUT2D eigenvalue weighted by atomic mass is 19.1. The Morgan fingerprint density at radius 2 is 1.72 bits per heavy atom. The topological polar surface area (TPSA) is 70.2 Å². The van der Waals surface area contributed by atoms with Gasteiger partial charge in [-0.25, -0.2) is 13.8 Å². The SMILES string of the molecule is Cc1cc(N(C)C)nc(NC2CCC(CNC(=O)c3cc(F)cc(F)c3)CC2)n1. The summed E-state index contributed by atoms with van der Waals surface area (Å²) in [5.74, 6) is -0.113. The predicted molar refractivity (Wildman–Crippen MR) is 109 cm³/mol. The number of nitrogens with zero attached hydrogens (tertiary/aromatic N) is 3. The molecule has 2 aromatic rings. The highest BCUT2D eigenvalue weighted by molar-refractivity contribution is 5.94. The molecule has 1 aromatic carbocycles. The zero-order valence-corrected chi connectivity index (χ0v) is 17.0. The number of carbonyl (C=O) groups excluding carboxylic acids is 1. The van der Waals surface area contributed by atoms with Gasteiger partial charge < -0.3 is 15.5 Å².